The molecule has 0 spiro atoms. The largest absolute Gasteiger partial charge is 0.417 e. The van der Waals surface area contributed by atoms with Gasteiger partial charge in [0.05, 0.1) is 5.52 Å². The number of benzene rings is 1. The molecule has 84 valence electrons. The van der Waals surface area contributed by atoms with Gasteiger partial charge < -0.3 is 4.42 Å². The Balaban J connectivity index is 1.98. The van der Waals surface area contributed by atoms with Crippen LogP contribution < -0.4 is 5.76 Å². The van der Waals surface area contributed by atoms with E-state index in [1.807, 2.05) is 6.07 Å². The summed E-state index contributed by atoms with van der Waals surface area (Å²) in [7, 11) is 0. The molecule has 0 aliphatic carbocycles. The first kappa shape index (κ1) is 10.1. The van der Waals surface area contributed by atoms with Gasteiger partial charge in [0.2, 0.25) is 0 Å². The molecule has 1 aromatic carbocycles. The van der Waals surface area contributed by atoms with Gasteiger partial charge in [0.1, 0.15) is 0 Å². The minimum atomic E-state index is -0.446. The second-order valence-electron chi connectivity index (χ2n) is 3.31. The van der Waals surface area contributed by atoms with E-state index in [1.165, 1.54) is 11.8 Å². The molecule has 0 atom stereocenters. The molecule has 0 unspecified atom stereocenters. The molecule has 6 heteroatoms. The van der Waals surface area contributed by atoms with Crippen molar-refractivity contribution in [2.24, 2.45) is 0 Å². The highest BCUT2D eigenvalue weighted by Gasteiger charge is 2.04. The Hall–Kier alpha value is -2.08. The molecule has 0 bridgehead atoms. The molecule has 0 saturated carbocycles. The third-order valence-corrected chi connectivity index (χ3v) is 3.03. The minimum absolute atomic E-state index is 0.446. The fourth-order valence-corrected chi connectivity index (χ4v) is 2.17. The zero-order valence-electron chi connectivity index (χ0n) is 8.58. The zero-order chi connectivity index (χ0) is 11.7. The lowest BCUT2D eigenvalue weighted by Crippen LogP contribution is -1.92. The lowest BCUT2D eigenvalue weighted by Gasteiger charge is -1.98. The van der Waals surface area contributed by atoms with Crippen LogP contribution in [-0.4, -0.2) is 15.0 Å². The van der Waals surface area contributed by atoms with Crippen LogP contribution in [0.15, 0.2) is 55.9 Å². The number of nitrogens with zero attached hydrogens (tertiary/aromatic N) is 2. The van der Waals surface area contributed by atoms with Crippen molar-refractivity contribution in [1.82, 2.24) is 15.0 Å². The monoisotopic (exact) mass is 245 g/mol. The zero-order valence-corrected chi connectivity index (χ0v) is 9.40. The summed E-state index contributed by atoms with van der Waals surface area (Å²) in [4.78, 5) is 22.7. The summed E-state index contributed by atoms with van der Waals surface area (Å²) >= 11 is 1.41. The smallest absolute Gasteiger partial charge is 0.408 e. The SMILES string of the molecule is O=c1[nH]c2ccc(Sc3ncccn3)cc2o1. The Bertz CT molecular complexity index is 705. The van der Waals surface area contributed by atoms with Crippen LogP contribution in [0.5, 0.6) is 0 Å². The molecule has 0 saturated heterocycles. The van der Waals surface area contributed by atoms with Crippen molar-refractivity contribution in [3.8, 4) is 0 Å². The maximum absolute atomic E-state index is 11.0. The molecule has 1 N–H and O–H groups in total. The summed E-state index contributed by atoms with van der Waals surface area (Å²) in [6.45, 7) is 0. The molecule has 0 aliphatic heterocycles. The number of H-pyrrole nitrogens is 1. The molecule has 3 aromatic rings. The van der Waals surface area contributed by atoms with Crippen LogP contribution in [-0.2, 0) is 0 Å². The Morgan fingerprint density at radius 3 is 2.88 bits per heavy atom. The van der Waals surface area contributed by atoms with E-state index in [1.54, 1.807) is 30.6 Å². The van der Waals surface area contributed by atoms with Gasteiger partial charge in [-0.1, -0.05) is 0 Å². The highest BCUT2D eigenvalue weighted by Crippen LogP contribution is 2.26. The van der Waals surface area contributed by atoms with Gasteiger partial charge in [-0.15, -0.1) is 0 Å². The topological polar surface area (TPSA) is 71.8 Å². The number of aromatic amines is 1. The maximum Gasteiger partial charge on any atom is 0.417 e. The van der Waals surface area contributed by atoms with E-state index in [9.17, 15) is 4.79 Å². The Labute approximate surface area is 99.9 Å². The summed E-state index contributed by atoms with van der Waals surface area (Å²) in [5.41, 5.74) is 1.23. The fourth-order valence-electron chi connectivity index (χ4n) is 1.43. The van der Waals surface area contributed by atoms with Crippen molar-refractivity contribution in [2.75, 3.05) is 0 Å². The van der Waals surface area contributed by atoms with Gasteiger partial charge in [0.25, 0.3) is 0 Å². The number of fused-ring (bicyclic) bond motifs is 1. The van der Waals surface area contributed by atoms with Crippen molar-refractivity contribution in [3.63, 3.8) is 0 Å². The molecule has 2 heterocycles. The molecule has 17 heavy (non-hydrogen) atoms. The number of nitrogens with one attached hydrogen (secondary N) is 1. The number of aromatic nitrogens is 3. The number of hydrogen-bond acceptors (Lipinski definition) is 5. The number of rotatable bonds is 2. The van der Waals surface area contributed by atoms with Gasteiger partial charge in [-0.05, 0) is 36.0 Å². The first-order valence-electron chi connectivity index (χ1n) is 4.89. The van der Waals surface area contributed by atoms with Gasteiger partial charge in [-0.3, -0.25) is 4.98 Å². The third kappa shape index (κ3) is 2.07. The number of hydrogen-bond donors (Lipinski definition) is 1. The molecule has 0 amide bonds. The first-order chi connectivity index (χ1) is 8.31. The van der Waals surface area contributed by atoms with Crippen molar-refractivity contribution in [3.05, 3.63) is 47.2 Å². The van der Waals surface area contributed by atoms with Crippen LogP contribution in [0.1, 0.15) is 0 Å². The molecule has 0 fully saturated rings. The summed E-state index contributed by atoms with van der Waals surface area (Å²) < 4.78 is 4.98. The van der Waals surface area contributed by atoms with Crippen LogP contribution >= 0.6 is 11.8 Å². The van der Waals surface area contributed by atoms with E-state index in [4.69, 9.17) is 4.42 Å². The summed E-state index contributed by atoms with van der Waals surface area (Å²) in [6.07, 6.45) is 3.37. The Morgan fingerprint density at radius 1 is 1.24 bits per heavy atom. The molecule has 0 radical (unpaired) electrons. The quantitative estimate of drug-likeness (QED) is 0.700. The van der Waals surface area contributed by atoms with Crippen LogP contribution in [0.3, 0.4) is 0 Å². The molecular formula is C11H7N3O2S. The highest BCUT2D eigenvalue weighted by atomic mass is 32.2. The Morgan fingerprint density at radius 2 is 2.06 bits per heavy atom. The van der Waals surface area contributed by atoms with Gasteiger partial charge in [0, 0.05) is 17.3 Å². The van der Waals surface area contributed by atoms with E-state index in [0.717, 1.165) is 4.90 Å². The van der Waals surface area contributed by atoms with Crippen LogP contribution in [0.4, 0.5) is 0 Å². The number of oxazole rings is 1. The van der Waals surface area contributed by atoms with Crippen LogP contribution in [0.2, 0.25) is 0 Å². The standard InChI is InChI=1S/C11H7N3O2S/c15-11-14-8-3-2-7(6-9(8)16-11)17-10-12-4-1-5-13-10/h1-6H,(H,14,15). The predicted octanol–water partition coefficient (Wildman–Crippen LogP) is 2.06. The van der Waals surface area contributed by atoms with Gasteiger partial charge >= 0.3 is 5.76 Å². The lowest BCUT2D eigenvalue weighted by molar-refractivity contribution is 0.555. The third-order valence-electron chi connectivity index (χ3n) is 2.14. The second kappa shape index (κ2) is 4.06. The molecule has 2 aromatic heterocycles. The lowest BCUT2D eigenvalue weighted by atomic mass is 10.3. The average molecular weight is 245 g/mol. The second-order valence-corrected chi connectivity index (χ2v) is 4.35. The summed E-state index contributed by atoms with van der Waals surface area (Å²) in [6, 6.07) is 7.23. The van der Waals surface area contributed by atoms with E-state index in [-0.39, 0.29) is 0 Å². The molecular weight excluding hydrogens is 238 g/mol. The Kier molecular flexibility index (Phi) is 2.41. The van der Waals surface area contributed by atoms with Gasteiger partial charge in [-0.25, -0.2) is 14.8 Å². The van der Waals surface area contributed by atoms with Gasteiger partial charge in [-0.2, -0.15) is 0 Å². The van der Waals surface area contributed by atoms with Crippen LogP contribution in [0, 0.1) is 0 Å². The van der Waals surface area contributed by atoms with Crippen molar-refractivity contribution in [2.45, 2.75) is 10.1 Å². The van der Waals surface area contributed by atoms with Crippen molar-refractivity contribution >= 4 is 22.9 Å². The van der Waals surface area contributed by atoms with E-state index >= 15 is 0 Å². The highest BCUT2D eigenvalue weighted by molar-refractivity contribution is 7.99. The fraction of sp³-hybridized carbons (Fsp3) is 0. The van der Waals surface area contributed by atoms with E-state index in [2.05, 4.69) is 15.0 Å². The summed E-state index contributed by atoms with van der Waals surface area (Å²) in [5.74, 6) is -0.446. The van der Waals surface area contributed by atoms with Crippen molar-refractivity contribution < 1.29 is 4.42 Å². The first-order valence-corrected chi connectivity index (χ1v) is 5.71. The van der Waals surface area contributed by atoms with Crippen LogP contribution in [0.25, 0.3) is 11.1 Å². The minimum Gasteiger partial charge on any atom is -0.408 e. The van der Waals surface area contributed by atoms with E-state index in [0.29, 0.717) is 16.3 Å². The maximum atomic E-state index is 11.0. The van der Waals surface area contributed by atoms with Gasteiger partial charge in [0.15, 0.2) is 10.7 Å². The molecule has 0 aliphatic rings. The molecule has 3 rings (SSSR count). The summed E-state index contributed by atoms with van der Waals surface area (Å²) in [5, 5.41) is 0.657. The van der Waals surface area contributed by atoms with E-state index < -0.39 is 5.76 Å². The van der Waals surface area contributed by atoms with Crippen molar-refractivity contribution in [1.29, 1.82) is 0 Å². The average Bonchev–Trinajstić information content (AvgIpc) is 2.70. The molecule has 5 nitrogen and oxygen atoms in total. The predicted molar refractivity (Wildman–Crippen MR) is 63.0 cm³/mol. The normalized spacial score (nSPS) is 10.8.